The van der Waals surface area contributed by atoms with Crippen molar-refractivity contribution in [3.63, 3.8) is 0 Å². The number of likely N-dealkylation sites (tertiary alicyclic amines) is 1. The molecule has 5 nitrogen and oxygen atoms in total. The highest BCUT2D eigenvalue weighted by atomic mass is 16.2. The number of likely N-dealkylation sites (N-methyl/N-ethyl adjacent to an activating group) is 1. The number of fused-ring (bicyclic) bond motifs is 1. The SMILES string of the molecule is C=C(C)CN(CC)C(=O)[C@H](C)N1C(=O)[C@@H]2CCCC[C@H]2C1=O. The Morgan fingerprint density at radius 1 is 1.27 bits per heavy atom. The molecule has 0 radical (unpaired) electrons. The molecule has 3 amide bonds. The van der Waals surface area contributed by atoms with Gasteiger partial charge in [0.15, 0.2) is 0 Å². The van der Waals surface area contributed by atoms with Crippen molar-refractivity contribution in [2.45, 2.75) is 52.5 Å². The monoisotopic (exact) mass is 306 g/mol. The van der Waals surface area contributed by atoms with Crippen molar-refractivity contribution in [1.29, 1.82) is 0 Å². The van der Waals surface area contributed by atoms with Crippen molar-refractivity contribution < 1.29 is 14.4 Å². The van der Waals surface area contributed by atoms with E-state index in [2.05, 4.69) is 6.58 Å². The highest BCUT2D eigenvalue weighted by molar-refractivity contribution is 6.08. The van der Waals surface area contributed by atoms with E-state index in [1.807, 2.05) is 13.8 Å². The van der Waals surface area contributed by atoms with Gasteiger partial charge in [-0.15, -0.1) is 0 Å². The van der Waals surface area contributed by atoms with Gasteiger partial charge in [-0.3, -0.25) is 19.3 Å². The molecule has 0 bridgehead atoms. The fourth-order valence-corrected chi connectivity index (χ4v) is 3.62. The van der Waals surface area contributed by atoms with Crippen molar-refractivity contribution >= 4 is 17.7 Å². The topological polar surface area (TPSA) is 57.7 Å². The molecule has 0 aromatic heterocycles. The minimum atomic E-state index is -0.718. The Bertz CT molecular complexity index is 476. The summed E-state index contributed by atoms with van der Waals surface area (Å²) in [6, 6.07) is -0.718. The van der Waals surface area contributed by atoms with E-state index in [0.717, 1.165) is 31.3 Å². The molecular weight excluding hydrogens is 280 g/mol. The van der Waals surface area contributed by atoms with Gasteiger partial charge in [-0.05, 0) is 33.6 Å². The molecular formula is C17H26N2O3. The second-order valence-electron chi connectivity index (χ2n) is 6.53. The van der Waals surface area contributed by atoms with Crippen LogP contribution in [0.5, 0.6) is 0 Å². The van der Waals surface area contributed by atoms with Gasteiger partial charge in [-0.25, -0.2) is 0 Å². The van der Waals surface area contributed by atoms with Crippen LogP contribution in [0.25, 0.3) is 0 Å². The zero-order valence-electron chi connectivity index (χ0n) is 13.8. The zero-order chi connectivity index (χ0) is 16.4. The molecule has 22 heavy (non-hydrogen) atoms. The second kappa shape index (κ2) is 6.63. The molecule has 122 valence electrons. The number of hydrogen-bond donors (Lipinski definition) is 0. The van der Waals surface area contributed by atoms with Crippen molar-refractivity contribution in [2.24, 2.45) is 11.8 Å². The van der Waals surface area contributed by atoms with Crippen LogP contribution in [0.2, 0.25) is 0 Å². The number of rotatable bonds is 5. The zero-order valence-corrected chi connectivity index (χ0v) is 13.8. The van der Waals surface area contributed by atoms with Crippen LogP contribution in [0.15, 0.2) is 12.2 Å². The lowest BCUT2D eigenvalue weighted by Crippen LogP contribution is -2.50. The first-order valence-corrected chi connectivity index (χ1v) is 8.18. The lowest BCUT2D eigenvalue weighted by atomic mass is 9.81. The number of carbonyl (C=O) groups is 3. The highest BCUT2D eigenvalue weighted by Gasteiger charge is 2.51. The van der Waals surface area contributed by atoms with Gasteiger partial charge < -0.3 is 4.90 Å². The summed E-state index contributed by atoms with van der Waals surface area (Å²) in [5.74, 6) is -0.880. The summed E-state index contributed by atoms with van der Waals surface area (Å²) in [4.78, 5) is 40.6. The van der Waals surface area contributed by atoms with Gasteiger partial charge in [0.2, 0.25) is 17.7 Å². The van der Waals surface area contributed by atoms with E-state index in [4.69, 9.17) is 0 Å². The lowest BCUT2D eigenvalue weighted by molar-refractivity contribution is -0.150. The van der Waals surface area contributed by atoms with E-state index >= 15 is 0 Å². The van der Waals surface area contributed by atoms with Gasteiger partial charge in [0, 0.05) is 13.1 Å². The maximum Gasteiger partial charge on any atom is 0.245 e. The smallest absolute Gasteiger partial charge is 0.245 e. The average molecular weight is 306 g/mol. The summed E-state index contributed by atoms with van der Waals surface area (Å²) in [6.07, 6.45) is 3.53. The van der Waals surface area contributed by atoms with Crippen molar-refractivity contribution in [1.82, 2.24) is 9.80 Å². The van der Waals surface area contributed by atoms with E-state index in [0.29, 0.717) is 13.1 Å². The fraction of sp³-hybridized carbons (Fsp3) is 0.706. The van der Waals surface area contributed by atoms with Crippen molar-refractivity contribution in [2.75, 3.05) is 13.1 Å². The third-order valence-corrected chi connectivity index (χ3v) is 4.77. The van der Waals surface area contributed by atoms with Crippen LogP contribution in [0.3, 0.4) is 0 Å². The third kappa shape index (κ3) is 2.94. The first-order valence-electron chi connectivity index (χ1n) is 8.18. The maximum absolute atomic E-state index is 12.6. The minimum Gasteiger partial charge on any atom is -0.337 e. The van der Waals surface area contributed by atoms with Gasteiger partial charge in [-0.1, -0.05) is 25.0 Å². The molecule has 1 aliphatic heterocycles. The van der Waals surface area contributed by atoms with E-state index in [9.17, 15) is 14.4 Å². The Labute approximate surface area is 132 Å². The lowest BCUT2D eigenvalue weighted by Gasteiger charge is -2.29. The Kier molecular flexibility index (Phi) is 5.04. The summed E-state index contributed by atoms with van der Waals surface area (Å²) in [6.45, 7) is 10.2. The molecule has 0 unspecified atom stereocenters. The number of carbonyl (C=O) groups excluding carboxylic acids is 3. The first-order chi connectivity index (χ1) is 10.4. The van der Waals surface area contributed by atoms with Crippen LogP contribution in [0.4, 0.5) is 0 Å². The molecule has 5 heteroatoms. The fourth-order valence-electron chi connectivity index (χ4n) is 3.62. The predicted octanol–water partition coefficient (Wildman–Crippen LogP) is 1.97. The molecule has 0 spiro atoms. The van der Waals surface area contributed by atoms with E-state index in [-0.39, 0.29) is 29.6 Å². The summed E-state index contributed by atoms with van der Waals surface area (Å²) in [7, 11) is 0. The molecule has 1 heterocycles. The Balaban J connectivity index is 2.15. The second-order valence-corrected chi connectivity index (χ2v) is 6.53. The van der Waals surface area contributed by atoms with Gasteiger partial charge in [0.1, 0.15) is 6.04 Å². The quantitative estimate of drug-likeness (QED) is 0.576. The number of hydrogen-bond acceptors (Lipinski definition) is 3. The largest absolute Gasteiger partial charge is 0.337 e. The molecule has 0 aromatic carbocycles. The van der Waals surface area contributed by atoms with Crippen LogP contribution in [0.1, 0.15) is 46.5 Å². The van der Waals surface area contributed by atoms with E-state index in [1.165, 1.54) is 4.90 Å². The molecule has 3 atom stereocenters. The van der Waals surface area contributed by atoms with E-state index in [1.54, 1.807) is 11.8 Å². The molecule has 1 saturated heterocycles. The van der Waals surface area contributed by atoms with Gasteiger partial charge in [0.05, 0.1) is 11.8 Å². The molecule has 2 rings (SSSR count). The summed E-state index contributed by atoms with van der Waals surface area (Å²) >= 11 is 0. The van der Waals surface area contributed by atoms with Gasteiger partial charge in [0.25, 0.3) is 0 Å². The Morgan fingerprint density at radius 3 is 2.18 bits per heavy atom. The summed E-state index contributed by atoms with van der Waals surface area (Å²) in [5, 5.41) is 0. The number of imide groups is 1. The predicted molar refractivity (Wildman–Crippen MR) is 83.8 cm³/mol. The van der Waals surface area contributed by atoms with Gasteiger partial charge in [-0.2, -0.15) is 0 Å². The molecule has 1 saturated carbocycles. The van der Waals surface area contributed by atoms with Crippen LogP contribution >= 0.6 is 0 Å². The van der Waals surface area contributed by atoms with Crippen LogP contribution in [0, 0.1) is 11.8 Å². The minimum absolute atomic E-state index is 0.151. The van der Waals surface area contributed by atoms with Gasteiger partial charge >= 0.3 is 0 Å². The third-order valence-electron chi connectivity index (χ3n) is 4.77. The van der Waals surface area contributed by atoms with E-state index < -0.39 is 6.04 Å². The summed E-state index contributed by atoms with van der Waals surface area (Å²) in [5.41, 5.74) is 0.884. The molecule has 2 fully saturated rings. The number of amides is 3. The van der Waals surface area contributed by atoms with Crippen LogP contribution in [-0.2, 0) is 14.4 Å². The maximum atomic E-state index is 12.6. The Hall–Kier alpha value is -1.65. The Morgan fingerprint density at radius 2 is 1.77 bits per heavy atom. The van der Waals surface area contributed by atoms with Crippen LogP contribution < -0.4 is 0 Å². The van der Waals surface area contributed by atoms with Crippen molar-refractivity contribution in [3.05, 3.63) is 12.2 Å². The standard InChI is InChI=1S/C17H26N2O3/c1-5-18(10-11(2)3)15(20)12(4)19-16(21)13-8-6-7-9-14(13)17(19)22/h12-14H,2,5-10H2,1,3-4H3/t12-,13+,14+/m0/s1. The molecule has 0 aromatic rings. The first kappa shape index (κ1) is 16.7. The summed E-state index contributed by atoms with van der Waals surface area (Å²) < 4.78 is 0. The number of nitrogens with zero attached hydrogens (tertiary/aromatic N) is 2. The normalized spacial score (nSPS) is 25.9. The van der Waals surface area contributed by atoms with Crippen LogP contribution in [-0.4, -0.2) is 46.7 Å². The molecule has 0 N–H and O–H groups in total. The van der Waals surface area contributed by atoms with Crippen molar-refractivity contribution in [3.8, 4) is 0 Å². The highest BCUT2D eigenvalue weighted by Crippen LogP contribution is 2.38. The average Bonchev–Trinajstić information content (AvgIpc) is 2.75. The molecule has 2 aliphatic rings. The molecule has 1 aliphatic carbocycles.